The highest BCUT2D eigenvalue weighted by Gasteiger charge is 2.18. The van der Waals surface area contributed by atoms with E-state index in [1.54, 1.807) is 11.0 Å². The minimum absolute atomic E-state index is 0.00315. The Kier molecular flexibility index (Phi) is 4.18. The molecule has 0 saturated heterocycles. The second kappa shape index (κ2) is 5.71. The first-order chi connectivity index (χ1) is 9.36. The summed E-state index contributed by atoms with van der Waals surface area (Å²) in [6.07, 6.45) is 3.20. The summed E-state index contributed by atoms with van der Waals surface area (Å²) in [4.78, 5) is 8.70. The summed E-state index contributed by atoms with van der Waals surface area (Å²) in [5.41, 5.74) is 2.28. The van der Waals surface area contributed by atoms with Crippen LogP contribution in [0.25, 0.3) is 5.82 Å². The lowest BCUT2D eigenvalue weighted by Crippen LogP contribution is -2.23. The van der Waals surface area contributed by atoms with Gasteiger partial charge in [-0.2, -0.15) is 5.10 Å². The van der Waals surface area contributed by atoms with Crippen molar-refractivity contribution in [3.63, 3.8) is 0 Å². The van der Waals surface area contributed by atoms with Crippen molar-refractivity contribution in [3.8, 4) is 5.82 Å². The third kappa shape index (κ3) is 3.63. The molecular formula is C15H23N5. The number of aromatic nitrogens is 4. The number of nitrogens with zero attached hydrogens (tertiary/aromatic N) is 4. The third-order valence-electron chi connectivity index (χ3n) is 3.01. The monoisotopic (exact) mass is 273 g/mol. The van der Waals surface area contributed by atoms with Gasteiger partial charge in [0.15, 0.2) is 5.82 Å². The van der Waals surface area contributed by atoms with Gasteiger partial charge in [-0.25, -0.2) is 14.6 Å². The zero-order chi connectivity index (χ0) is 14.8. The van der Waals surface area contributed by atoms with Gasteiger partial charge in [0.2, 0.25) is 0 Å². The molecule has 0 saturated carbocycles. The van der Waals surface area contributed by atoms with E-state index in [1.165, 1.54) is 11.9 Å². The molecule has 5 nitrogen and oxygen atoms in total. The Hall–Kier alpha value is -1.75. The molecule has 2 heterocycles. The predicted molar refractivity (Wildman–Crippen MR) is 79.8 cm³/mol. The van der Waals surface area contributed by atoms with E-state index >= 15 is 0 Å². The molecule has 0 fully saturated rings. The predicted octanol–water partition coefficient (Wildman–Crippen LogP) is 2.46. The third-order valence-corrected chi connectivity index (χ3v) is 3.01. The molecule has 0 amide bonds. The van der Waals surface area contributed by atoms with Gasteiger partial charge < -0.3 is 5.32 Å². The molecule has 20 heavy (non-hydrogen) atoms. The van der Waals surface area contributed by atoms with Crippen LogP contribution >= 0.6 is 0 Å². The van der Waals surface area contributed by atoms with Crippen LogP contribution in [0.4, 0.5) is 0 Å². The van der Waals surface area contributed by atoms with Gasteiger partial charge in [-0.3, -0.25) is 0 Å². The maximum Gasteiger partial charge on any atom is 0.155 e. The highest BCUT2D eigenvalue weighted by molar-refractivity contribution is 5.32. The Morgan fingerprint density at radius 2 is 2.00 bits per heavy atom. The second-order valence-corrected chi connectivity index (χ2v) is 6.34. The zero-order valence-electron chi connectivity index (χ0n) is 12.9. The van der Waals surface area contributed by atoms with E-state index in [4.69, 9.17) is 4.98 Å². The van der Waals surface area contributed by atoms with Gasteiger partial charge in [-0.1, -0.05) is 34.6 Å². The van der Waals surface area contributed by atoms with E-state index in [0.29, 0.717) is 6.04 Å². The van der Waals surface area contributed by atoms with Crippen molar-refractivity contribution in [1.29, 1.82) is 0 Å². The fourth-order valence-corrected chi connectivity index (χ4v) is 1.82. The highest BCUT2D eigenvalue weighted by atomic mass is 15.3. The molecule has 1 N–H and O–H groups in total. The molecule has 0 unspecified atom stereocenters. The maximum absolute atomic E-state index is 4.71. The fourth-order valence-electron chi connectivity index (χ4n) is 1.82. The van der Waals surface area contributed by atoms with Crippen molar-refractivity contribution >= 4 is 0 Å². The normalized spacial score (nSPS) is 12.1. The van der Waals surface area contributed by atoms with Crippen LogP contribution in [-0.2, 0) is 12.0 Å². The molecule has 0 radical (unpaired) electrons. The van der Waals surface area contributed by atoms with Gasteiger partial charge in [0.1, 0.15) is 12.7 Å². The van der Waals surface area contributed by atoms with Gasteiger partial charge in [0, 0.05) is 23.7 Å². The van der Waals surface area contributed by atoms with Crippen LogP contribution in [0.5, 0.6) is 0 Å². The molecule has 5 heteroatoms. The Labute approximate surface area is 120 Å². The molecule has 0 aromatic carbocycles. The van der Waals surface area contributed by atoms with E-state index in [-0.39, 0.29) is 5.41 Å². The van der Waals surface area contributed by atoms with Crippen molar-refractivity contribution in [3.05, 3.63) is 36.0 Å². The molecule has 2 aromatic rings. The molecule has 2 rings (SSSR count). The van der Waals surface area contributed by atoms with E-state index in [9.17, 15) is 0 Å². The largest absolute Gasteiger partial charge is 0.310 e. The number of pyridine rings is 1. The summed E-state index contributed by atoms with van der Waals surface area (Å²) in [5.74, 6) is 0.815. The maximum atomic E-state index is 4.71. The standard InChI is InChI=1S/C15H23N5/c1-11(2)17-8-12-6-13(15(3,4)5)19-14(7-12)20-10-16-9-18-20/h6-7,9-11,17H,8H2,1-5H3. The minimum Gasteiger partial charge on any atom is -0.310 e. The van der Waals surface area contributed by atoms with E-state index in [2.05, 4.69) is 62.2 Å². The lowest BCUT2D eigenvalue weighted by molar-refractivity contribution is 0.558. The van der Waals surface area contributed by atoms with Crippen LogP contribution in [0.2, 0.25) is 0 Å². The Bertz CT molecular complexity index is 552. The fraction of sp³-hybridized carbons (Fsp3) is 0.533. The van der Waals surface area contributed by atoms with Gasteiger partial charge >= 0.3 is 0 Å². The lowest BCUT2D eigenvalue weighted by Gasteiger charge is -2.20. The summed E-state index contributed by atoms with van der Waals surface area (Å²) < 4.78 is 1.70. The average Bonchev–Trinajstić information content (AvgIpc) is 2.89. The number of hydrogen-bond acceptors (Lipinski definition) is 4. The summed E-state index contributed by atoms with van der Waals surface area (Å²) in [6, 6.07) is 4.67. The van der Waals surface area contributed by atoms with Crippen molar-refractivity contribution in [2.45, 2.75) is 52.6 Å². The smallest absolute Gasteiger partial charge is 0.155 e. The molecule has 0 aliphatic heterocycles. The molecule has 0 aliphatic rings. The number of rotatable bonds is 4. The van der Waals surface area contributed by atoms with Crippen molar-refractivity contribution in [2.24, 2.45) is 0 Å². The highest BCUT2D eigenvalue weighted by Crippen LogP contribution is 2.22. The first-order valence-corrected chi connectivity index (χ1v) is 6.96. The zero-order valence-corrected chi connectivity index (χ0v) is 12.9. The molecule has 0 bridgehead atoms. The van der Waals surface area contributed by atoms with Crippen molar-refractivity contribution < 1.29 is 0 Å². The van der Waals surface area contributed by atoms with Crippen molar-refractivity contribution in [1.82, 2.24) is 25.1 Å². The van der Waals surface area contributed by atoms with Crippen LogP contribution in [0, 0.1) is 0 Å². The Balaban J connectivity index is 2.39. The van der Waals surface area contributed by atoms with Gasteiger partial charge in [-0.05, 0) is 17.7 Å². The number of hydrogen-bond donors (Lipinski definition) is 1. The first kappa shape index (κ1) is 14.7. The molecule has 0 atom stereocenters. The van der Waals surface area contributed by atoms with Gasteiger partial charge in [-0.15, -0.1) is 0 Å². The Morgan fingerprint density at radius 1 is 1.25 bits per heavy atom. The second-order valence-electron chi connectivity index (χ2n) is 6.34. The number of nitrogens with one attached hydrogen (secondary N) is 1. The quantitative estimate of drug-likeness (QED) is 0.929. The average molecular weight is 273 g/mol. The minimum atomic E-state index is 0.00315. The van der Waals surface area contributed by atoms with Crippen LogP contribution in [0.3, 0.4) is 0 Å². The van der Waals surface area contributed by atoms with Crippen LogP contribution in [0.1, 0.15) is 45.9 Å². The topological polar surface area (TPSA) is 55.6 Å². The SMILES string of the molecule is CC(C)NCc1cc(-n2cncn2)nc(C(C)(C)C)c1. The van der Waals surface area contributed by atoms with Gasteiger partial charge in [0.05, 0.1) is 0 Å². The van der Waals surface area contributed by atoms with Crippen LogP contribution in [-0.4, -0.2) is 25.8 Å². The molecule has 108 valence electrons. The van der Waals surface area contributed by atoms with Crippen molar-refractivity contribution in [2.75, 3.05) is 0 Å². The summed E-state index contributed by atoms with van der Waals surface area (Å²) >= 11 is 0. The van der Waals surface area contributed by atoms with E-state index < -0.39 is 0 Å². The molecule has 0 spiro atoms. The molecule has 2 aromatic heterocycles. The Morgan fingerprint density at radius 3 is 2.55 bits per heavy atom. The molecule has 0 aliphatic carbocycles. The first-order valence-electron chi connectivity index (χ1n) is 6.96. The summed E-state index contributed by atoms with van der Waals surface area (Å²) in [7, 11) is 0. The summed E-state index contributed by atoms with van der Waals surface area (Å²) in [5, 5.41) is 7.61. The van der Waals surface area contributed by atoms with E-state index in [0.717, 1.165) is 18.1 Å². The lowest BCUT2D eigenvalue weighted by atomic mass is 9.90. The van der Waals surface area contributed by atoms with Gasteiger partial charge in [0.25, 0.3) is 0 Å². The molecular weight excluding hydrogens is 250 g/mol. The van der Waals surface area contributed by atoms with E-state index in [1.807, 2.05) is 0 Å². The van der Waals surface area contributed by atoms with Crippen LogP contribution < -0.4 is 5.32 Å². The van der Waals surface area contributed by atoms with Crippen LogP contribution in [0.15, 0.2) is 24.8 Å². The summed E-state index contributed by atoms with van der Waals surface area (Å²) in [6.45, 7) is 11.6.